The molecule has 1 amide bonds. The molecule has 0 heterocycles. The molecule has 1 aromatic rings. The molecule has 0 unspecified atom stereocenters. The second-order valence-corrected chi connectivity index (χ2v) is 8.55. The Bertz CT molecular complexity index is 617. The van der Waals surface area contributed by atoms with Crippen molar-refractivity contribution in [3.63, 3.8) is 0 Å². The molecule has 0 bridgehead atoms. The van der Waals surface area contributed by atoms with Gasteiger partial charge in [0.2, 0.25) is 5.91 Å². The second kappa shape index (κ2) is 12.9. The summed E-state index contributed by atoms with van der Waals surface area (Å²) >= 11 is 0. The number of hydrogen-bond donors (Lipinski definition) is 3. The molecule has 30 heavy (non-hydrogen) atoms. The van der Waals surface area contributed by atoms with Gasteiger partial charge in [0.1, 0.15) is 12.4 Å². The summed E-state index contributed by atoms with van der Waals surface area (Å²) in [5.41, 5.74) is 7.03. The number of unbranched alkanes of at least 4 members (excludes halogenated alkanes) is 1. The van der Waals surface area contributed by atoms with Crippen molar-refractivity contribution < 1.29 is 14.3 Å². The van der Waals surface area contributed by atoms with E-state index in [9.17, 15) is 4.79 Å². The van der Waals surface area contributed by atoms with Crippen molar-refractivity contribution >= 4 is 5.91 Å². The summed E-state index contributed by atoms with van der Waals surface area (Å²) in [5, 5.41) is 6.49. The molecule has 1 aromatic carbocycles. The van der Waals surface area contributed by atoms with Crippen LogP contribution in [0.25, 0.3) is 0 Å². The van der Waals surface area contributed by atoms with Crippen LogP contribution in [0.4, 0.5) is 0 Å². The minimum Gasteiger partial charge on any atom is -0.491 e. The molecule has 2 rings (SSSR count). The summed E-state index contributed by atoms with van der Waals surface area (Å²) in [5.74, 6) is 1.09. The Labute approximate surface area is 182 Å². The van der Waals surface area contributed by atoms with Gasteiger partial charge in [-0.15, -0.1) is 0 Å². The Balaban J connectivity index is 1.62. The Morgan fingerprint density at radius 3 is 2.53 bits per heavy atom. The van der Waals surface area contributed by atoms with Crippen LogP contribution in [0.2, 0.25) is 0 Å². The number of carbonyl (C=O) groups excluding carboxylic acids is 1. The lowest BCUT2D eigenvalue weighted by Gasteiger charge is -2.20. The predicted molar refractivity (Wildman–Crippen MR) is 122 cm³/mol. The quantitative estimate of drug-likeness (QED) is 0.282. The van der Waals surface area contributed by atoms with E-state index in [0.717, 1.165) is 57.2 Å². The van der Waals surface area contributed by atoms with Crippen LogP contribution < -0.4 is 21.1 Å². The second-order valence-electron chi connectivity index (χ2n) is 8.55. The minimum absolute atomic E-state index is 0.0814. The van der Waals surface area contributed by atoms with Crippen LogP contribution in [0, 0.1) is 5.92 Å². The highest BCUT2D eigenvalue weighted by atomic mass is 16.5. The molecule has 0 spiro atoms. The molecule has 6 heteroatoms. The Kier molecular flexibility index (Phi) is 10.6. The van der Waals surface area contributed by atoms with Crippen molar-refractivity contribution in [2.45, 2.75) is 77.4 Å². The maximum Gasteiger partial charge on any atom is 0.223 e. The zero-order valence-corrected chi connectivity index (χ0v) is 19.0. The van der Waals surface area contributed by atoms with Gasteiger partial charge in [-0.1, -0.05) is 45.7 Å². The highest BCUT2D eigenvalue weighted by molar-refractivity contribution is 5.78. The molecule has 0 aromatic heterocycles. The number of hydrogen-bond acceptors (Lipinski definition) is 5. The molecular formula is C24H41N3O3. The topological polar surface area (TPSA) is 85.6 Å². The third-order valence-electron chi connectivity index (χ3n) is 5.69. The van der Waals surface area contributed by atoms with Gasteiger partial charge in [-0.05, 0) is 49.8 Å². The van der Waals surface area contributed by atoms with Gasteiger partial charge in [-0.25, -0.2) is 0 Å². The summed E-state index contributed by atoms with van der Waals surface area (Å²) in [6, 6.07) is 8.29. The van der Waals surface area contributed by atoms with E-state index in [1.54, 1.807) is 0 Å². The molecule has 170 valence electrons. The van der Waals surface area contributed by atoms with Crippen molar-refractivity contribution in [2.24, 2.45) is 11.7 Å². The molecule has 0 saturated heterocycles. The van der Waals surface area contributed by atoms with E-state index < -0.39 is 0 Å². The van der Waals surface area contributed by atoms with Gasteiger partial charge in [-0.2, -0.15) is 0 Å². The first kappa shape index (κ1) is 24.6. The molecule has 1 saturated carbocycles. The van der Waals surface area contributed by atoms with Crippen molar-refractivity contribution in [3.05, 3.63) is 29.8 Å². The summed E-state index contributed by atoms with van der Waals surface area (Å²) in [6.07, 6.45) is 7.04. The molecular weight excluding hydrogens is 378 g/mol. The lowest BCUT2D eigenvalue weighted by molar-refractivity contribution is -0.125. The number of amides is 1. The first-order valence-corrected chi connectivity index (χ1v) is 11.6. The lowest BCUT2D eigenvalue weighted by atomic mass is 10.0. The fourth-order valence-corrected chi connectivity index (χ4v) is 3.29. The Hall–Kier alpha value is -1.63. The van der Waals surface area contributed by atoms with E-state index in [2.05, 4.69) is 36.6 Å². The number of nitrogens with one attached hydrogen (secondary N) is 2. The van der Waals surface area contributed by atoms with E-state index in [0.29, 0.717) is 19.8 Å². The predicted octanol–water partition coefficient (Wildman–Crippen LogP) is 3.38. The largest absolute Gasteiger partial charge is 0.491 e. The van der Waals surface area contributed by atoms with E-state index in [-0.39, 0.29) is 23.5 Å². The molecule has 1 aliphatic carbocycles. The van der Waals surface area contributed by atoms with Crippen molar-refractivity contribution in [2.75, 3.05) is 26.4 Å². The summed E-state index contributed by atoms with van der Waals surface area (Å²) in [6.45, 7) is 8.79. The summed E-state index contributed by atoms with van der Waals surface area (Å²) in [4.78, 5) is 12.4. The van der Waals surface area contributed by atoms with Gasteiger partial charge >= 0.3 is 0 Å². The third kappa shape index (κ3) is 9.45. The molecule has 0 radical (unpaired) electrons. The zero-order valence-electron chi connectivity index (χ0n) is 19.0. The maximum atomic E-state index is 12.4. The highest BCUT2D eigenvalue weighted by Gasteiger charge is 2.37. The van der Waals surface area contributed by atoms with Crippen LogP contribution in [0.3, 0.4) is 0 Å². The average Bonchev–Trinajstić information content (AvgIpc) is 3.48. The van der Waals surface area contributed by atoms with E-state index in [1.165, 1.54) is 5.56 Å². The first-order valence-electron chi connectivity index (χ1n) is 11.6. The average molecular weight is 420 g/mol. The first-order chi connectivity index (χ1) is 14.5. The van der Waals surface area contributed by atoms with Gasteiger partial charge in [0.25, 0.3) is 0 Å². The lowest BCUT2D eigenvalue weighted by Crippen LogP contribution is -2.41. The number of ether oxygens (including phenoxy) is 2. The fourth-order valence-electron chi connectivity index (χ4n) is 3.29. The molecule has 6 nitrogen and oxygen atoms in total. The molecule has 2 atom stereocenters. The zero-order chi connectivity index (χ0) is 21.8. The highest BCUT2D eigenvalue weighted by Crippen LogP contribution is 2.28. The summed E-state index contributed by atoms with van der Waals surface area (Å²) < 4.78 is 11.3. The number of benzene rings is 1. The van der Waals surface area contributed by atoms with Gasteiger partial charge in [0.15, 0.2) is 0 Å². The van der Waals surface area contributed by atoms with E-state index in [1.807, 2.05) is 19.1 Å². The SMILES string of the molecule is CCCC[C@H](C)C(=O)N[C@H](CC)Cc1ccc(OCCOCCNC2(N)CC2)cc1. The van der Waals surface area contributed by atoms with Crippen molar-refractivity contribution in [1.82, 2.24) is 10.6 Å². The molecule has 1 aliphatic rings. The Morgan fingerprint density at radius 1 is 1.17 bits per heavy atom. The van der Waals surface area contributed by atoms with E-state index >= 15 is 0 Å². The number of nitrogens with two attached hydrogens (primary N) is 1. The Morgan fingerprint density at radius 2 is 1.90 bits per heavy atom. The van der Waals surface area contributed by atoms with Crippen LogP contribution in [0.5, 0.6) is 5.75 Å². The minimum atomic E-state index is -0.130. The van der Waals surface area contributed by atoms with Gasteiger partial charge < -0.3 is 20.5 Å². The normalized spacial score (nSPS) is 16.7. The molecule has 0 aliphatic heterocycles. The van der Waals surface area contributed by atoms with Crippen LogP contribution in [-0.2, 0) is 16.0 Å². The molecule has 1 fully saturated rings. The van der Waals surface area contributed by atoms with Crippen LogP contribution in [0.1, 0.15) is 64.9 Å². The maximum absolute atomic E-state index is 12.4. The standard InChI is InChI=1S/C24H41N3O3/c1-4-6-7-19(3)23(28)27-21(5-2)18-20-8-10-22(11-9-20)30-17-16-29-15-14-26-24(25)12-13-24/h8-11,19,21,26H,4-7,12-18,25H2,1-3H3,(H,27,28)/t19-,21+/m0/s1. The van der Waals surface area contributed by atoms with Gasteiger partial charge in [-0.3, -0.25) is 10.1 Å². The smallest absolute Gasteiger partial charge is 0.223 e. The van der Waals surface area contributed by atoms with Crippen molar-refractivity contribution in [1.29, 1.82) is 0 Å². The van der Waals surface area contributed by atoms with E-state index in [4.69, 9.17) is 15.2 Å². The van der Waals surface area contributed by atoms with Crippen molar-refractivity contribution in [3.8, 4) is 5.75 Å². The molecule has 4 N–H and O–H groups in total. The fraction of sp³-hybridized carbons (Fsp3) is 0.708. The number of carbonyl (C=O) groups is 1. The third-order valence-corrected chi connectivity index (χ3v) is 5.69. The van der Waals surface area contributed by atoms with Crippen LogP contribution >= 0.6 is 0 Å². The summed E-state index contributed by atoms with van der Waals surface area (Å²) in [7, 11) is 0. The number of rotatable bonds is 16. The van der Waals surface area contributed by atoms with Crippen LogP contribution in [-0.4, -0.2) is 44.0 Å². The van der Waals surface area contributed by atoms with Gasteiger partial charge in [0.05, 0.1) is 18.9 Å². The van der Waals surface area contributed by atoms with Gasteiger partial charge in [0, 0.05) is 18.5 Å². The monoisotopic (exact) mass is 419 g/mol. The van der Waals surface area contributed by atoms with Crippen LogP contribution in [0.15, 0.2) is 24.3 Å².